The molecule has 0 unspecified atom stereocenters. The number of hydrogen-bond acceptors (Lipinski definition) is 6. The van der Waals surface area contributed by atoms with Crippen LogP contribution >= 0.6 is 11.3 Å². The number of aromatic nitrogens is 5. The molecule has 0 atom stereocenters. The van der Waals surface area contributed by atoms with Crippen molar-refractivity contribution in [2.45, 2.75) is 6.92 Å². The number of thiazole rings is 1. The van der Waals surface area contributed by atoms with Gasteiger partial charge in [0, 0.05) is 30.4 Å². The fraction of sp³-hybridized carbons (Fsp3) is 0.0500. The van der Waals surface area contributed by atoms with Gasteiger partial charge in [-0.05, 0) is 43.3 Å². The third-order valence-electron chi connectivity index (χ3n) is 3.66. The highest BCUT2D eigenvalue weighted by atomic mass is 32.1. The zero-order valence-corrected chi connectivity index (χ0v) is 14.9. The lowest BCUT2D eigenvalue weighted by Gasteiger charge is -2.02. The summed E-state index contributed by atoms with van der Waals surface area (Å²) in [5.74, 6) is 0.610. The van der Waals surface area contributed by atoms with Gasteiger partial charge in [0.05, 0.1) is 16.3 Å². The Morgan fingerprint density at radius 3 is 2.50 bits per heavy atom. The van der Waals surface area contributed by atoms with Crippen LogP contribution in [0.25, 0.3) is 38.7 Å². The SMILES string of the molecule is C/C=C\c1nc(-c2cccnc2)sc1-c1cccc(-c2ncccn2)n1. The Balaban J connectivity index is 1.81. The van der Waals surface area contributed by atoms with E-state index in [-0.39, 0.29) is 0 Å². The molecule has 0 amide bonds. The fourth-order valence-electron chi connectivity index (χ4n) is 2.52. The van der Waals surface area contributed by atoms with Gasteiger partial charge in [-0.1, -0.05) is 12.1 Å². The second-order valence-electron chi connectivity index (χ2n) is 5.46. The first-order chi connectivity index (χ1) is 12.8. The predicted molar refractivity (Wildman–Crippen MR) is 104 cm³/mol. The molecule has 4 aromatic rings. The van der Waals surface area contributed by atoms with Crippen LogP contribution in [0.2, 0.25) is 0 Å². The van der Waals surface area contributed by atoms with E-state index in [0.29, 0.717) is 5.82 Å². The molecule has 0 spiro atoms. The quantitative estimate of drug-likeness (QED) is 0.527. The van der Waals surface area contributed by atoms with Crippen molar-refractivity contribution in [2.24, 2.45) is 0 Å². The zero-order chi connectivity index (χ0) is 17.8. The third-order valence-corrected chi connectivity index (χ3v) is 4.81. The molecule has 5 nitrogen and oxygen atoms in total. The van der Waals surface area contributed by atoms with Crippen LogP contribution in [0.1, 0.15) is 12.6 Å². The van der Waals surface area contributed by atoms with E-state index in [9.17, 15) is 0 Å². The van der Waals surface area contributed by atoms with Crippen LogP contribution in [0.5, 0.6) is 0 Å². The van der Waals surface area contributed by atoms with E-state index < -0.39 is 0 Å². The van der Waals surface area contributed by atoms with Crippen LogP contribution < -0.4 is 0 Å². The molecule has 0 fully saturated rings. The average Bonchev–Trinajstić information content (AvgIpc) is 3.14. The van der Waals surface area contributed by atoms with Crippen molar-refractivity contribution >= 4 is 17.4 Å². The van der Waals surface area contributed by atoms with E-state index in [1.807, 2.05) is 55.6 Å². The van der Waals surface area contributed by atoms with Crippen LogP contribution in [0.3, 0.4) is 0 Å². The molecule has 6 heteroatoms. The van der Waals surface area contributed by atoms with Gasteiger partial charge >= 0.3 is 0 Å². The maximum Gasteiger partial charge on any atom is 0.178 e. The largest absolute Gasteiger partial charge is 0.264 e. The summed E-state index contributed by atoms with van der Waals surface area (Å²) in [5, 5.41) is 0.921. The predicted octanol–water partition coefficient (Wildman–Crippen LogP) is 4.76. The second-order valence-corrected chi connectivity index (χ2v) is 6.45. The number of nitrogens with zero attached hydrogens (tertiary/aromatic N) is 5. The Morgan fingerprint density at radius 1 is 0.885 bits per heavy atom. The molecule has 0 bridgehead atoms. The second kappa shape index (κ2) is 7.33. The molecule has 4 heterocycles. The zero-order valence-electron chi connectivity index (χ0n) is 14.1. The first-order valence-electron chi connectivity index (χ1n) is 8.14. The summed E-state index contributed by atoms with van der Waals surface area (Å²) in [6, 6.07) is 11.6. The van der Waals surface area contributed by atoms with E-state index >= 15 is 0 Å². The molecule has 0 aliphatic carbocycles. The molecule has 0 saturated carbocycles. The molecule has 4 aromatic heterocycles. The summed E-state index contributed by atoms with van der Waals surface area (Å²) in [5.41, 5.74) is 3.49. The van der Waals surface area contributed by atoms with Gasteiger partial charge < -0.3 is 0 Å². The van der Waals surface area contributed by atoms with Gasteiger partial charge in [0.1, 0.15) is 10.7 Å². The van der Waals surface area contributed by atoms with Crippen molar-refractivity contribution in [3.63, 3.8) is 0 Å². The van der Waals surface area contributed by atoms with E-state index in [2.05, 4.69) is 15.0 Å². The molecule has 26 heavy (non-hydrogen) atoms. The monoisotopic (exact) mass is 357 g/mol. The topological polar surface area (TPSA) is 64.5 Å². The molecule has 0 aliphatic rings. The van der Waals surface area contributed by atoms with Gasteiger partial charge in [0.15, 0.2) is 5.82 Å². The number of allylic oxidation sites excluding steroid dienone is 1. The van der Waals surface area contributed by atoms with E-state index in [0.717, 1.165) is 32.5 Å². The van der Waals surface area contributed by atoms with Crippen molar-refractivity contribution in [3.05, 3.63) is 73.0 Å². The lowest BCUT2D eigenvalue weighted by Crippen LogP contribution is -1.92. The van der Waals surface area contributed by atoms with Crippen molar-refractivity contribution in [3.8, 4) is 32.7 Å². The van der Waals surface area contributed by atoms with Crippen LogP contribution in [-0.4, -0.2) is 24.9 Å². The van der Waals surface area contributed by atoms with Crippen LogP contribution in [0.4, 0.5) is 0 Å². The van der Waals surface area contributed by atoms with Crippen molar-refractivity contribution in [1.82, 2.24) is 24.9 Å². The fourth-order valence-corrected chi connectivity index (χ4v) is 3.53. The van der Waals surface area contributed by atoms with Crippen molar-refractivity contribution < 1.29 is 0 Å². The first kappa shape index (κ1) is 16.2. The standard InChI is InChI=1S/C20H15N5S/c1-2-6-15-18(26-20(25-15)14-7-4-10-21-13-14)16-8-3-9-17(24-16)19-22-11-5-12-23-19/h2-13H,1H3/b6-2-. The average molecular weight is 357 g/mol. The molecule has 4 rings (SSSR count). The number of rotatable bonds is 4. The normalized spacial score (nSPS) is 11.1. The molecule has 0 aromatic carbocycles. The Morgan fingerprint density at radius 2 is 1.73 bits per heavy atom. The lowest BCUT2D eigenvalue weighted by molar-refractivity contribution is 1.14. The van der Waals surface area contributed by atoms with Gasteiger partial charge in [-0.25, -0.2) is 19.9 Å². The van der Waals surface area contributed by atoms with Crippen LogP contribution in [0.15, 0.2) is 67.3 Å². The molecular weight excluding hydrogens is 342 g/mol. The maximum atomic E-state index is 4.77. The van der Waals surface area contributed by atoms with Gasteiger partial charge in [0.2, 0.25) is 0 Å². The molecular formula is C20H15N5S. The highest BCUT2D eigenvalue weighted by molar-refractivity contribution is 7.18. The van der Waals surface area contributed by atoms with Crippen molar-refractivity contribution in [2.75, 3.05) is 0 Å². The van der Waals surface area contributed by atoms with E-state index in [4.69, 9.17) is 9.97 Å². The minimum atomic E-state index is 0.610. The molecule has 0 aliphatic heterocycles. The lowest BCUT2D eigenvalue weighted by atomic mass is 10.2. The van der Waals surface area contributed by atoms with Crippen LogP contribution in [-0.2, 0) is 0 Å². The Bertz CT molecular complexity index is 1040. The van der Waals surface area contributed by atoms with Gasteiger partial charge in [-0.2, -0.15) is 0 Å². The van der Waals surface area contributed by atoms with E-state index in [1.165, 1.54) is 0 Å². The highest BCUT2D eigenvalue weighted by Crippen LogP contribution is 2.35. The highest BCUT2D eigenvalue weighted by Gasteiger charge is 2.15. The van der Waals surface area contributed by atoms with Crippen molar-refractivity contribution in [1.29, 1.82) is 0 Å². The minimum Gasteiger partial charge on any atom is -0.264 e. The number of hydrogen-bond donors (Lipinski definition) is 0. The molecule has 0 saturated heterocycles. The summed E-state index contributed by atoms with van der Waals surface area (Å²) in [7, 11) is 0. The first-order valence-corrected chi connectivity index (χ1v) is 8.95. The summed E-state index contributed by atoms with van der Waals surface area (Å²) < 4.78 is 0. The molecule has 126 valence electrons. The van der Waals surface area contributed by atoms with Crippen LogP contribution in [0, 0.1) is 0 Å². The smallest absolute Gasteiger partial charge is 0.178 e. The number of pyridine rings is 2. The minimum absolute atomic E-state index is 0.610. The Hall–Kier alpha value is -3.25. The summed E-state index contributed by atoms with van der Waals surface area (Å²) in [4.78, 5) is 23.3. The third kappa shape index (κ3) is 3.27. The summed E-state index contributed by atoms with van der Waals surface area (Å²) >= 11 is 1.60. The summed E-state index contributed by atoms with van der Waals surface area (Å²) in [6.07, 6.45) is 11.0. The Labute approximate surface area is 155 Å². The molecule has 0 N–H and O–H groups in total. The molecule has 0 radical (unpaired) electrons. The van der Waals surface area contributed by atoms with Gasteiger partial charge in [-0.3, -0.25) is 4.98 Å². The van der Waals surface area contributed by atoms with Gasteiger partial charge in [0.25, 0.3) is 0 Å². The van der Waals surface area contributed by atoms with Gasteiger partial charge in [-0.15, -0.1) is 11.3 Å². The Kier molecular flexibility index (Phi) is 4.57. The maximum absolute atomic E-state index is 4.77. The summed E-state index contributed by atoms with van der Waals surface area (Å²) in [6.45, 7) is 1.98. The van der Waals surface area contributed by atoms with E-state index in [1.54, 1.807) is 36.0 Å².